The first-order chi connectivity index (χ1) is 63.9. The first-order valence-corrected chi connectivity index (χ1v) is 39.4. The largest absolute Gasteiger partial charge is 0.573 e. The minimum absolute atomic E-state index is 0.0394. The Labute approximate surface area is 751 Å². The number of aromatic nitrogens is 12. The number of hydrogen-bond donors (Lipinski definition) is 3. The van der Waals surface area contributed by atoms with Crippen LogP contribution in [0.2, 0.25) is 0 Å². The summed E-state index contributed by atoms with van der Waals surface area (Å²) < 4.78 is 252. The van der Waals surface area contributed by atoms with E-state index in [1.807, 2.05) is 18.2 Å². The zero-order valence-corrected chi connectivity index (χ0v) is 70.6. The standard InChI is InChI=1S/C25H22F4N4O3.C24H17F4N5O2.C24H18F3N5O2.C18H13F6N3O3/c1-3-35-20-7-4-16(22(26)10-20)12-30-23-11-24(34)33(15-21(23)17-13-31-32(2)14-17)18-5-8-19(9-6-18)36-25(27,28)29;1-32-13-17(12-31-32)20-14-33(18-4-6-19(7-5-18)35-24(26,27)28)23(34)9-22(20)30-11-16-3-2-15(10-29)8-21(16)25;1-31-14-18(13-30-31)21-15-32(19-6-8-20(9-7-19)34-24(25,26)27)23(33)10-22(21)29-12-17-4-2-16(11-28)3-5-17;1-26-8-11(7-25-26)14-9-27(16(28)6-15(14)29-10-17(19,20)21)12-2-4-13(5-3-12)30-18(22,23)24/h4-11,13-15,30H,3,12H2,1-2H3;2-9,12-14,30H,11H2,1H3;2-10,13-15,29H,12H2,1H3;2-9H,10H2,1H3. The van der Waals surface area contributed by atoms with Crippen molar-refractivity contribution in [2.75, 3.05) is 29.2 Å². The molecule has 3 N–H and O–H groups in total. The Balaban J connectivity index is 0.000000162. The number of pyridine rings is 4. The maximum atomic E-state index is 14.5. The van der Waals surface area contributed by atoms with Gasteiger partial charge in [0.1, 0.15) is 46.1 Å². The Hall–Kier alpha value is -16.8. The number of nitrogens with one attached hydrogen (secondary N) is 3. The lowest BCUT2D eigenvalue weighted by molar-refractivity contribution is -0.275. The summed E-state index contributed by atoms with van der Waals surface area (Å²) in [5.41, 5.74) is 7.33. The predicted octanol–water partition coefficient (Wildman–Crippen LogP) is 18.7. The maximum absolute atomic E-state index is 14.5. The Bertz CT molecular complexity index is 7030. The molecule has 135 heavy (non-hydrogen) atoms. The van der Waals surface area contributed by atoms with Crippen LogP contribution in [0.15, 0.2) is 276 Å². The minimum atomic E-state index is -4.87. The molecule has 27 nitrogen and oxygen atoms in total. The number of rotatable bonds is 25. The van der Waals surface area contributed by atoms with Gasteiger partial charge in [-0.3, -0.25) is 56.2 Å². The molecule has 0 aliphatic carbocycles. The minimum Gasteiger partial charge on any atom is -0.494 e. The predicted molar refractivity (Wildman–Crippen MR) is 457 cm³/mol. The molecule has 698 valence electrons. The molecule has 8 heterocycles. The Morgan fingerprint density at radius 1 is 0.341 bits per heavy atom. The highest BCUT2D eigenvalue weighted by molar-refractivity contribution is 5.79. The fourth-order valence-corrected chi connectivity index (χ4v) is 13.0. The Kier molecular flexibility index (Phi) is 29.9. The molecule has 0 spiro atoms. The van der Waals surface area contributed by atoms with E-state index in [0.29, 0.717) is 103 Å². The van der Waals surface area contributed by atoms with Crippen molar-refractivity contribution in [1.82, 2.24) is 57.4 Å². The number of benzene rings is 7. The first-order valence-electron chi connectivity index (χ1n) is 39.4. The normalized spacial score (nSPS) is 11.4. The molecule has 7 aromatic carbocycles. The average Bonchev–Trinajstić information content (AvgIpc) is 1.79. The number of alkyl halides is 15. The molecular formula is C91H70F17N17O10. The van der Waals surface area contributed by atoms with Crippen molar-refractivity contribution in [2.45, 2.75) is 58.2 Å². The lowest BCUT2D eigenvalue weighted by Gasteiger charge is -2.15. The van der Waals surface area contributed by atoms with Crippen LogP contribution in [-0.2, 0) is 47.8 Å². The van der Waals surface area contributed by atoms with Gasteiger partial charge in [0.05, 0.1) is 54.7 Å². The van der Waals surface area contributed by atoms with Crippen molar-refractivity contribution in [1.29, 1.82) is 10.5 Å². The van der Waals surface area contributed by atoms with Gasteiger partial charge in [0, 0.05) is 223 Å². The molecule has 0 saturated carbocycles. The molecule has 0 unspecified atom stereocenters. The first kappa shape index (κ1) is 97.2. The number of ether oxygens (including phenoxy) is 6. The number of nitrogens with zero attached hydrogens (tertiary/aromatic N) is 14. The monoisotopic (exact) mass is 1880 g/mol. The van der Waals surface area contributed by atoms with Gasteiger partial charge in [-0.25, -0.2) is 8.78 Å². The van der Waals surface area contributed by atoms with Crippen molar-refractivity contribution in [3.05, 3.63) is 337 Å². The van der Waals surface area contributed by atoms with E-state index in [2.05, 4.69) is 61.4 Å². The number of nitriles is 2. The third kappa shape index (κ3) is 27.2. The molecule has 8 aromatic heterocycles. The van der Waals surface area contributed by atoms with Crippen molar-refractivity contribution >= 4 is 17.1 Å². The number of halogens is 17. The number of anilines is 3. The van der Waals surface area contributed by atoms with Gasteiger partial charge in [0.15, 0.2) is 6.61 Å². The van der Waals surface area contributed by atoms with Gasteiger partial charge < -0.3 is 44.4 Å². The molecule has 0 radical (unpaired) electrons. The highest BCUT2D eigenvalue weighted by atomic mass is 19.4. The van der Waals surface area contributed by atoms with Crippen LogP contribution in [-0.4, -0.2) is 102 Å². The summed E-state index contributed by atoms with van der Waals surface area (Å²) in [5, 5.41) is 43.7. The van der Waals surface area contributed by atoms with E-state index in [1.165, 1.54) is 128 Å². The lowest BCUT2D eigenvalue weighted by Crippen LogP contribution is -2.22. The number of hydrogen-bond acceptors (Lipinski definition) is 19. The second kappa shape index (κ2) is 41.5. The van der Waals surface area contributed by atoms with Gasteiger partial charge in [-0.15, -0.1) is 52.7 Å². The smallest absolute Gasteiger partial charge is 0.494 e. The second-order valence-electron chi connectivity index (χ2n) is 28.8. The molecule has 15 aromatic rings. The van der Waals surface area contributed by atoms with Gasteiger partial charge in [0.2, 0.25) is 0 Å². The van der Waals surface area contributed by atoms with Crippen molar-refractivity contribution in [3.8, 4) is 114 Å². The van der Waals surface area contributed by atoms with Crippen LogP contribution in [0.25, 0.3) is 67.3 Å². The van der Waals surface area contributed by atoms with Crippen LogP contribution in [0.4, 0.5) is 91.7 Å². The molecule has 0 aliphatic heterocycles. The van der Waals surface area contributed by atoms with E-state index in [-0.39, 0.29) is 47.0 Å². The Morgan fingerprint density at radius 2 is 0.637 bits per heavy atom. The van der Waals surface area contributed by atoms with E-state index in [4.69, 9.17) is 20.0 Å². The summed E-state index contributed by atoms with van der Waals surface area (Å²) in [7, 11) is 6.82. The average molecular weight is 1880 g/mol. The summed E-state index contributed by atoms with van der Waals surface area (Å²) in [6, 6.07) is 43.9. The van der Waals surface area contributed by atoms with Gasteiger partial charge >= 0.3 is 31.6 Å². The molecule has 0 aliphatic rings. The third-order valence-electron chi connectivity index (χ3n) is 19.0. The van der Waals surface area contributed by atoms with E-state index >= 15 is 0 Å². The third-order valence-corrected chi connectivity index (χ3v) is 19.0. The van der Waals surface area contributed by atoms with E-state index < -0.39 is 83.8 Å². The van der Waals surface area contributed by atoms with Gasteiger partial charge in [0.25, 0.3) is 22.2 Å². The molecule has 0 atom stereocenters. The van der Waals surface area contributed by atoms with Gasteiger partial charge in [-0.05, 0) is 140 Å². The zero-order valence-electron chi connectivity index (χ0n) is 70.6. The van der Waals surface area contributed by atoms with Crippen molar-refractivity contribution < 1.29 is 103 Å². The van der Waals surface area contributed by atoms with E-state index in [9.17, 15) is 93.8 Å². The number of aryl methyl sites for hydroxylation is 4. The van der Waals surface area contributed by atoms with Gasteiger partial charge in [-0.2, -0.15) is 44.1 Å². The van der Waals surface area contributed by atoms with Crippen LogP contribution in [0.3, 0.4) is 0 Å². The van der Waals surface area contributed by atoms with Crippen LogP contribution in [0, 0.1) is 34.3 Å². The summed E-state index contributed by atoms with van der Waals surface area (Å²) in [4.78, 5) is 51.2. The second-order valence-corrected chi connectivity index (χ2v) is 28.8. The topological polar surface area (TPSA) is 298 Å². The zero-order chi connectivity index (χ0) is 97.4. The van der Waals surface area contributed by atoms with Crippen molar-refractivity contribution in [3.63, 3.8) is 0 Å². The van der Waals surface area contributed by atoms with Crippen LogP contribution < -0.4 is 66.6 Å². The summed E-state index contributed by atoms with van der Waals surface area (Å²) >= 11 is 0. The highest BCUT2D eigenvalue weighted by Gasteiger charge is 2.35. The fraction of sp³-hybridized carbons (Fsp3) is 0.165. The lowest BCUT2D eigenvalue weighted by atomic mass is 10.1. The molecule has 15 rings (SSSR count). The molecule has 0 amide bonds. The Morgan fingerprint density at radius 3 is 0.933 bits per heavy atom. The summed E-state index contributed by atoms with van der Waals surface area (Å²) in [6.45, 7) is 1.16. The van der Waals surface area contributed by atoms with Gasteiger partial charge in [-0.1, -0.05) is 24.3 Å². The quantitative estimate of drug-likeness (QED) is 0.0448. The van der Waals surface area contributed by atoms with Crippen LogP contribution in [0.5, 0.6) is 34.5 Å². The molecular weight excluding hydrogens is 1810 g/mol. The highest BCUT2D eigenvalue weighted by Crippen LogP contribution is 2.37. The fourth-order valence-electron chi connectivity index (χ4n) is 13.0. The molecule has 44 heteroatoms. The van der Waals surface area contributed by atoms with E-state index in [0.717, 1.165) is 76.4 Å². The molecule has 0 fully saturated rings. The summed E-state index contributed by atoms with van der Waals surface area (Å²) in [6.07, 6.45) is -5.06. The molecule has 0 saturated heterocycles. The SMILES string of the molecule is CCOc1ccc(CNc2cc(=O)n(-c3ccc(OC(F)(F)F)cc3)cc2-c2cnn(C)c2)c(F)c1.Cn1cc(-c2cn(-c3ccc(OC(F)(F)F)cc3)c(=O)cc2NCc2ccc(C#N)cc2)cn1.Cn1cc(-c2cn(-c3ccc(OC(F)(F)F)cc3)c(=O)cc2NCc2ccc(C#N)cc2F)cn1.Cn1cc(-c2cn(-c3ccc(OC(F)(F)F)cc3)c(=O)cc2OCC(F)(F)F)cn1. The van der Waals surface area contributed by atoms with Crippen molar-refractivity contribution in [2.24, 2.45) is 28.2 Å². The maximum Gasteiger partial charge on any atom is 0.573 e. The summed E-state index contributed by atoms with van der Waals surface area (Å²) in [5.74, 6) is -2.58. The van der Waals surface area contributed by atoms with Crippen LogP contribution in [0.1, 0.15) is 34.7 Å². The van der Waals surface area contributed by atoms with E-state index in [1.54, 1.807) is 123 Å². The van der Waals surface area contributed by atoms with Crippen LogP contribution >= 0.6 is 0 Å². The molecule has 0 bridgehead atoms.